The molecule has 0 aliphatic heterocycles. The first kappa shape index (κ1) is 21.7. The van der Waals surface area contributed by atoms with Crippen LogP contribution in [0.25, 0.3) is 0 Å². The standard InChI is InChI=1S/C25H36O2/c1-19(2)22(5)27-18-25-13-9-12-24(15-25)14-20(3)21(4)16-26-17-23-10-7-6-8-11-23/h6-13,15,19-22H,14,16-18H2,1-5H3. The van der Waals surface area contributed by atoms with Crippen LogP contribution < -0.4 is 0 Å². The molecule has 0 bridgehead atoms. The second-order valence-corrected chi connectivity index (χ2v) is 8.24. The van der Waals surface area contributed by atoms with Gasteiger partial charge in [-0.1, -0.05) is 82.3 Å². The molecule has 0 aromatic heterocycles. The lowest BCUT2D eigenvalue weighted by atomic mass is 9.90. The first-order valence-electron chi connectivity index (χ1n) is 10.3. The van der Waals surface area contributed by atoms with Crippen LogP contribution >= 0.6 is 0 Å². The number of benzene rings is 2. The average Bonchev–Trinajstić information content (AvgIpc) is 2.67. The van der Waals surface area contributed by atoms with E-state index in [1.165, 1.54) is 16.7 Å². The van der Waals surface area contributed by atoms with Crippen LogP contribution in [0.1, 0.15) is 51.3 Å². The Balaban J connectivity index is 1.78. The molecule has 27 heavy (non-hydrogen) atoms. The van der Waals surface area contributed by atoms with Crippen LogP contribution in [0.3, 0.4) is 0 Å². The Morgan fingerprint density at radius 3 is 2.07 bits per heavy atom. The number of hydrogen-bond donors (Lipinski definition) is 0. The van der Waals surface area contributed by atoms with E-state index >= 15 is 0 Å². The summed E-state index contributed by atoms with van der Waals surface area (Å²) in [6.45, 7) is 13.3. The quantitative estimate of drug-likeness (QED) is 0.465. The highest BCUT2D eigenvalue weighted by atomic mass is 16.5. The molecule has 0 radical (unpaired) electrons. The zero-order valence-electron chi connectivity index (χ0n) is 17.7. The molecule has 3 atom stereocenters. The third kappa shape index (κ3) is 7.86. The van der Waals surface area contributed by atoms with Gasteiger partial charge in [-0.25, -0.2) is 0 Å². The predicted octanol–water partition coefficient (Wildman–Crippen LogP) is 6.28. The van der Waals surface area contributed by atoms with E-state index < -0.39 is 0 Å². The van der Waals surface area contributed by atoms with Gasteiger partial charge in [-0.15, -0.1) is 0 Å². The number of hydrogen-bond acceptors (Lipinski definition) is 2. The molecule has 2 rings (SSSR count). The summed E-state index contributed by atoms with van der Waals surface area (Å²) < 4.78 is 11.9. The molecule has 0 amide bonds. The molecule has 2 aromatic carbocycles. The van der Waals surface area contributed by atoms with Gasteiger partial charge in [0, 0.05) is 6.61 Å². The van der Waals surface area contributed by atoms with Gasteiger partial charge in [0.15, 0.2) is 0 Å². The van der Waals surface area contributed by atoms with Gasteiger partial charge in [0.05, 0.1) is 19.3 Å². The van der Waals surface area contributed by atoms with Crippen molar-refractivity contribution in [1.29, 1.82) is 0 Å². The van der Waals surface area contributed by atoms with Crippen LogP contribution in [0, 0.1) is 17.8 Å². The second kappa shape index (κ2) is 11.3. The maximum atomic E-state index is 5.97. The smallest absolute Gasteiger partial charge is 0.0720 e. The highest BCUT2D eigenvalue weighted by molar-refractivity contribution is 5.23. The zero-order chi connectivity index (χ0) is 19.6. The fraction of sp³-hybridized carbons (Fsp3) is 0.520. The van der Waals surface area contributed by atoms with Crippen LogP contribution in [0.4, 0.5) is 0 Å². The molecular formula is C25H36O2. The maximum Gasteiger partial charge on any atom is 0.0720 e. The third-order valence-corrected chi connectivity index (χ3v) is 5.46. The van der Waals surface area contributed by atoms with Gasteiger partial charge in [0.1, 0.15) is 0 Å². The van der Waals surface area contributed by atoms with E-state index in [9.17, 15) is 0 Å². The minimum Gasteiger partial charge on any atom is -0.376 e. The summed E-state index contributed by atoms with van der Waals surface area (Å²) >= 11 is 0. The summed E-state index contributed by atoms with van der Waals surface area (Å²) in [6, 6.07) is 19.2. The molecule has 2 heteroatoms. The van der Waals surface area contributed by atoms with Gasteiger partial charge >= 0.3 is 0 Å². The lowest BCUT2D eigenvalue weighted by Crippen LogP contribution is -2.17. The molecule has 0 heterocycles. The molecule has 0 saturated carbocycles. The van der Waals surface area contributed by atoms with E-state index in [1.54, 1.807) is 0 Å². The normalized spacial score (nSPS) is 14.9. The molecule has 0 spiro atoms. The fourth-order valence-electron chi connectivity index (χ4n) is 2.94. The summed E-state index contributed by atoms with van der Waals surface area (Å²) in [5, 5.41) is 0. The first-order chi connectivity index (χ1) is 13.0. The Kier molecular flexibility index (Phi) is 9.03. The van der Waals surface area contributed by atoms with Crippen molar-refractivity contribution in [1.82, 2.24) is 0 Å². The van der Waals surface area contributed by atoms with Gasteiger partial charge in [0.2, 0.25) is 0 Å². The zero-order valence-corrected chi connectivity index (χ0v) is 17.7. The second-order valence-electron chi connectivity index (χ2n) is 8.24. The Labute approximate surface area is 165 Å². The maximum absolute atomic E-state index is 5.97. The van der Waals surface area contributed by atoms with E-state index in [4.69, 9.17) is 9.47 Å². The molecule has 3 unspecified atom stereocenters. The summed E-state index contributed by atoms with van der Waals surface area (Å²) in [4.78, 5) is 0. The molecule has 0 aliphatic rings. The van der Waals surface area contributed by atoms with Crippen molar-refractivity contribution >= 4 is 0 Å². The van der Waals surface area contributed by atoms with Crippen molar-refractivity contribution in [3.63, 3.8) is 0 Å². The van der Waals surface area contributed by atoms with Crippen molar-refractivity contribution in [3.8, 4) is 0 Å². The average molecular weight is 369 g/mol. The van der Waals surface area contributed by atoms with Crippen molar-refractivity contribution in [3.05, 3.63) is 71.3 Å². The van der Waals surface area contributed by atoms with E-state index in [0.717, 1.165) is 13.0 Å². The van der Waals surface area contributed by atoms with Crippen LogP contribution in [0.15, 0.2) is 54.6 Å². The van der Waals surface area contributed by atoms with Crippen LogP contribution in [0.5, 0.6) is 0 Å². The molecule has 2 nitrogen and oxygen atoms in total. The molecule has 148 valence electrons. The Bertz CT molecular complexity index is 650. The molecule has 0 saturated heterocycles. The highest BCUT2D eigenvalue weighted by Gasteiger charge is 2.14. The Morgan fingerprint density at radius 1 is 0.704 bits per heavy atom. The predicted molar refractivity (Wildman–Crippen MR) is 114 cm³/mol. The van der Waals surface area contributed by atoms with Crippen LogP contribution in [0.2, 0.25) is 0 Å². The van der Waals surface area contributed by atoms with Crippen LogP contribution in [-0.4, -0.2) is 12.7 Å². The minimum absolute atomic E-state index is 0.286. The first-order valence-corrected chi connectivity index (χ1v) is 10.3. The van der Waals surface area contributed by atoms with E-state index in [2.05, 4.69) is 83.1 Å². The largest absolute Gasteiger partial charge is 0.376 e. The van der Waals surface area contributed by atoms with Gasteiger partial charge < -0.3 is 9.47 Å². The Hall–Kier alpha value is -1.64. The van der Waals surface area contributed by atoms with E-state index in [1.807, 2.05) is 6.07 Å². The number of ether oxygens (including phenoxy) is 2. The van der Waals surface area contributed by atoms with Crippen molar-refractivity contribution in [2.24, 2.45) is 17.8 Å². The van der Waals surface area contributed by atoms with E-state index in [-0.39, 0.29) is 6.10 Å². The van der Waals surface area contributed by atoms with Gasteiger partial charge in [0.25, 0.3) is 0 Å². The van der Waals surface area contributed by atoms with E-state index in [0.29, 0.717) is 31.0 Å². The van der Waals surface area contributed by atoms with Crippen LogP contribution in [-0.2, 0) is 29.1 Å². The summed E-state index contributed by atoms with van der Waals surface area (Å²) in [5.41, 5.74) is 3.89. The molecule has 0 fully saturated rings. The summed E-state index contributed by atoms with van der Waals surface area (Å²) in [7, 11) is 0. The lowest BCUT2D eigenvalue weighted by Gasteiger charge is -2.21. The monoisotopic (exact) mass is 368 g/mol. The van der Waals surface area contributed by atoms with Crippen molar-refractivity contribution in [2.75, 3.05) is 6.61 Å². The van der Waals surface area contributed by atoms with Gasteiger partial charge in [-0.05, 0) is 47.8 Å². The highest BCUT2D eigenvalue weighted by Crippen LogP contribution is 2.20. The molecule has 2 aromatic rings. The molecular weight excluding hydrogens is 332 g/mol. The Morgan fingerprint density at radius 2 is 1.37 bits per heavy atom. The van der Waals surface area contributed by atoms with Crippen molar-refractivity contribution in [2.45, 2.75) is 60.4 Å². The van der Waals surface area contributed by atoms with Gasteiger partial charge in [-0.2, -0.15) is 0 Å². The summed E-state index contributed by atoms with van der Waals surface area (Å²) in [5.74, 6) is 1.64. The van der Waals surface area contributed by atoms with Gasteiger partial charge in [-0.3, -0.25) is 0 Å². The lowest BCUT2D eigenvalue weighted by molar-refractivity contribution is 0.0234. The molecule has 0 aliphatic carbocycles. The third-order valence-electron chi connectivity index (χ3n) is 5.46. The minimum atomic E-state index is 0.286. The summed E-state index contributed by atoms with van der Waals surface area (Å²) in [6.07, 6.45) is 1.36. The molecule has 0 N–H and O–H groups in total. The SMILES string of the molecule is CC(C)C(C)OCc1cccc(CC(C)C(C)COCc2ccccc2)c1. The van der Waals surface area contributed by atoms with Crippen molar-refractivity contribution < 1.29 is 9.47 Å². The fourth-order valence-corrected chi connectivity index (χ4v) is 2.94. The number of rotatable bonds is 11. The topological polar surface area (TPSA) is 18.5 Å².